The van der Waals surface area contributed by atoms with Gasteiger partial charge in [0.05, 0.1) is 16.3 Å². The average Bonchev–Trinajstić information content (AvgIpc) is 2.91. The van der Waals surface area contributed by atoms with Gasteiger partial charge in [-0.25, -0.2) is 0 Å². The summed E-state index contributed by atoms with van der Waals surface area (Å²) in [5.74, 6) is 0. The molecule has 0 radical (unpaired) electrons. The Kier molecular flexibility index (Phi) is 4.15. The van der Waals surface area contributed by atoms with Gasteiger partial charge in [0.15, 0.2) is 0 Å². The number of nitrogens with zero attached hydrogens (tertiary/aromatic N) is 2. The van der Waals surface area contributed by atoms with Crippen LogP contribution in [0.4, 0.5) is 0 Å². The molecule has 3 rings (SSSR count). The zero-order valence-electron chi connectivity index (χ0n) is 13.8. The van der Waals surface area contributed by atoms with Gasteiger partial charge in [0.25, 0.3) is 10.0 Å². The van der Waals surface area contributed by atoms with Gasteiger partial charge in [-0.1, -0.05) is 35.9 Å². The lowest BCUT2D eigenvalue weighted by Gasteiger charge is -2.07. The third-order valence-corrected chi connectivity index (χ3v) is 5.21. The van der Waals surface area contributed by atoms with Gasteiger partial charge in [-0.15, -0.1) is 0 Å². The number of rotatable bonds is 4. The highest BCUT2D eigenvalue weighted by Gasteiger charge is 2.14. The summed E-state index contributed by atoms with van der Waals surface area (Å²) in [6, 6.07) is 16.6. The van der Waals surface area contributed by atoms with Crippen molar-refractivity contribution < 1.29 is 8.42 Å². The minimum atomic E-state index is -3.67. The van der Waals surface area contributed by atoms with Crippen molar-refractivity contribution >= 4 is 26.6 Å². The van der Waals surface area contributed by atoms with Crippen LogP contribution < -0.4 is 4.83 Å². The van der Waals surface area contributed by atoms with Crippen molar-refractivity contribution in [2.45, 2.75) is 18.7 Å². The first-order valence-electron chi connectivity index (χ1n) is 7.56. The summed E-state index contributed by atoms with van der Waals surface area (Å²) >= 11 is 0. The lowest BCUT2D eigenvalue weighted by Crippen LogP contribution is -2.20. The molecule has 0 bridgehead atoms. The summed E-state index contributed by atoms with van der Waals surface area (Å²) in [7, 11) is -1.73. The number of hydrogen-bond donors (Lipinski definition) is 1. The molecule has 5 nitrogen and oxygen atoms in total. The van der Waals surface area contributed by atoms with E-state index in [1.54, 1.807) is 31.2 Å². The fourth-order valence-electron chi connectivity index (χ4n) is 2.59. The molecule has 1 heterocycles. The highest BCUT2D eigenvalue weighted by atomic mass is 32.2. The summed E-state index contributed by atoms with van der Waals surface area (Å²) < 4.78 is 26.6. The number of fused-ring (bicyclic) bond motifs is 1. The fraction of sp³-hybridized carbons (Fsp3) is 0.167. The maximum absolute atomic E-state index is 12.3. The average molecular weight is 341 g/mol. The molecule has 3 aromatic rings. The summed E-state index contributed by atoms with van der Waals surface area (Å²) in [5, 5.41) is 5.17. The Morgan fingerprint density at radius 1 is 1.08 bits per heavy atom. The molecule has 124 valence electrons. The molecule has 0 aliphatic carbocycles. The minimum Gasteiger partial charge on any atom is -0.343 e. The minimum absolute atomic E-state index is 0.196. The Morgan fingerprint density at radius 2 is 1.75 bits per heavy atom. The quantitative estimate of drug-likeness (QED) is 0.585. The Labute approximate surface area is 141 Å². The SMILES string of the molecule is C/C(=N/NS(=O)(=O)c1ccc(C)cc1)c1cc2ccccc2n1C. The number of sulfonamides is 1. The lowest BCUT2D eigenvalue weighted by atomic mass is 10.2. The molecule has 0 amide bonds. The molecular weight excluding hydrogens is 322 g/mol. The highest BCUT2D eigenvalue weighted by Crippen LogP contribution is 2.19. The van der Waals surface area contributed by atoms with Gasteiger partial charge in [-0.3, -0.25) is 0 Å². The first-order valence-corrected chi connectivity index (χ1v) is 9.04. The summed E-state index contributed by atoms with van der Waals surface area (Å²) in [5.41, 5.74) is 3.54. The number of aromatic nitrogens is 1. The van der Waals surface area contributed by atoms with E-state index in [2.05, 4.69) is 9.93 Å². The third kappa shape index (κ3) is 3.05. The van der Waals surface area contributed by atoms with Crippen LogP contribution in [0.5, 0.6) is 0 Å². The van der Waals surface area contributed by atoms with E-state index in [0.717, 1.165) is 22.2 Å². The number of nitrogens with one attached hydrogen (secondary N) is 1. The first kappa shape index (κ1) is 16.3. The van der Waals surface area contributed by atoms with Crippen LogP contribution in [0.3, 0.4) is 0 Å². The van der Waals surface area contributed by atoms with Crippen LogP contribution in [0, 0.1) is 6.92 Å². The number of para-hydroxylation sites is 1. The van der Waals surface area contributed by atoms with Gasteiger partial charge in [0.2, 0.25) is 0 Å². The van der Waals surface area contributed by atoms with E-state index in [1.165, 1.54) is 0 Å². The Morgan fingerprint density at radius 3 is 2.42 bits per heavy atom. The van der Waals surface area contributed by atoms with E-state index in [0.29, 0.717) is 5.71 Å². The number of hydrazone groups is 1. The van der Waals surface area contributed by atoms with Gasteiger partial charge >= 0.3 is 0 Å². The van der Waals surface area contributed by atoms with Gasteiger partial charge in [0, 0.05) is 18.0 Å². The molecule has 0 atom stereocenters. The smallest absolute Gasteiger partial charge is 0.276 e. The van der Waals surface area contributed by atoms with Crippen molar-refractivity contribution in [3.05, 3.63) is 65.9 Å². The van der Waals surface area contributed by atoms with Crippen molar-refractivity contribution in [3.63, 3.8) is 0 Å². The van der Waals surface area contributed by atoms with Crippen molar-refractivity contribution in [1.29, 1.82) is 0 Å². The molecule has 0 saturated heterocycles. The molecule has 1 aromatic heterocycles. The van der Waals surface area contributed by atoms with Crippen LogP contribution in [0.1, 0.15) is 18.2 Å². The van der Waals surface area contributed by atoms with Crippen LogP contribution in [0.25, 0.3) is 10.9 Å². The zero-order valence-corrected chi connectivity index (χ0v) is 14.6. The maximum Gasteiger partial charge on any atom is 0.276 e. The normalized spacial score (nSPS) is 12.5. The van der Waals surface area contributed by atoms with E-state index in [9.17, 15) is 8.42 Å². The summed E-state index contributed by atoms with van der Waals surface area (Å²) in [6.45, 7) is 3.69. The Bertz CT molecular complexity index is 1020. The van der Waals surface area contributed by atoms with Gasteiger partial charge in [-0.2, -0.15) is 18.4 Å². The van der Waals surface area contributed by atoms with Gasteiger partial charge < -0.3 is 4.57 Å². The lowest BCUT2D eigenvalue weighted by molar-refractivity contribution is 0.584. The van der Waals surface area contributed by atoms with Crippen LogP contribution >= 0.6 is 0 Å². The zero-order chi connectivity index (χ0) is 17.3. The van der Waals surface area contributed by atoms with Crippen LogP contribution in [0.15, 0.2) is 64.6 Å². The van der Waals surface area contributed by atoms with Crippen molar-refractivity contribution in [3.8, 4) is 0 Å². The van der Waals surface area contributed by atoms with Crippen molar-refractivity contribution in [2.24, 2.45) is 12.1 Å². The van der Waals surface area contributed by atoms with Crippen molar-refractivity contribution in [2.75, 3.05) is 0 Å². The first-order chi connectivity index (χ1) is 11.4. The third-order valence-electron chi connectivity index (χ3n) is 3.99. The van der Waals surface area contributed by atoms with E-state index < -0.39 is 10.0 Å². The van der Waals surface area contributed by atoms with E-state index in [1.807, 2.05) is 48.9 Å². The molecule has 0 aliphatic rings. The molecule has 0 fully saturated rings. The Hall–Kier alpha value is -2.60. The van der Waals surface area contributed by atoms with Gasteiger partial charge in [-0.05, 0) is 38.1 Å². The summed E-state index contributed by atoms with van der Waals surface area (Å²) in [6.07, 6.45) is 0. The molecule has 24 heavy (non-hydrogen) atoms. The molecule has 6 heteroatoms. The highest BCUT2D eigenvalue weighted by molar-refractivity contribution is 7.89. The van der Waals surface area contributed by atoms with E-state index in [4.69, 9.17) is 0 Å². The second kappa shape index (κ2) is 6.13. The standard InChI is InChI=1S/C18H19N3O2S/c1-13-8-10-16(11-9-13)24(22,23)20-19-14(2)18-12-15-6-4-5-7-17(15)21(18)3/h4-12,20H,1-3H3/b19-14-. The molecule has 0 spiro atoms. The molecule has 0 unspecified atom stereocenters. The summed E-state index contributed by atoms with van der Waals surface area (Å²) in [4.78, 5) is 2.51. The molecule has 1 N–H and O–H groups in total. The van der Waals surface area contributed by atoms with Crippen LogP contribution in [-0.2, 0) is 17.1 Å². The number of aryl methyl sites for hydroxylation is 2. The topological polar surface area (TPSA) is 63.5 Å². The van der Waals surface area contributed by atoms with E-state index in [-0.39, 0.29) is 4.90 Å². The molecule has 0 aliphatic heterocycles. The van der Waals surface area contributed by atoms with E-state index >= 15 is 0 Å². The van der Waals surface area contributed by atoms with Crippen molar-refractivity contribution in [1.82, 2.24) is 9.40 Å². The Balaban J connectivity index is 1.90. The molecule has 2 aromatic carbocycles. The maximum atomic E-state index is 12.3. The second-order valence-electron chi connectivity index (χ2n) is 5.75. The van der Waals surface area contributed by atoms with Crippen LogP contribution in [0.2, 0.25) is 0 Å². The van der Waals surface area contributed by atoms with Gasteiger partial charge in [0.1, 0.15) is 0 Å². The van der Waals surface area contributed by atoms with Crippen LogP contribution in [-0.4, -0.2) is 18.7 Å². The second-order valence-corrected chi connectivity index (χ2v) is 7.41. The largest absolute Gasteiger partial charge is 0.343 e. The molecule has 0 saturated carbocycles. The molecular formula is C18H19N3O2S. The predicted molar refractivity (Wildman–Crippen MR) is 96.6 cm³/mol. The predicted octanol–water partition coefficient (Wildman–Crippen LogP) is 3.19. The number of hydrogen-bond acceptors (Lipinski definition) is 3. The number of benzene rings is 2. The monoisotopic (exact) mass is 341 g/mol. The fourth-order valence-corrected chi connectivity index (χ4v) is 3.45.